The van der Waals surface area contributed by atoms with E-state index in [0.717, 1.165) is 22.2 Å². The number of fused-ring (bicyclic) bond motifs is 1. The number of nitrogens with two attached hydrogens (primary N) is 1. The molecule has 0 unspecified atom stereocenters. The van der Waals surface area contributed by atoms with Crippen LogP contribution in [0.15, 0.2) is 42.5 Å². The molecule has 0 spiro atoms. The summed E-state index contributed by atoms with van der Waals surface area (Å²) in [5.74, 6) is 0.389. The van der Waals surface area contributed by atoms with Crippen LogP contribution in [-0.4, -0.2) is 30.2 Å². The fourth-order valence-corrected chi connectivity index (χ4v) is 2.40. The van der Waals surface area contributed by atoms with Crippen molar-refractivity contribution in [2.24, 2.45) is 0 Å². The van der Waals surface area contributed by atoms with Gasteiger partial charge in [0.15, 0.2) is 5.82 Å². The molecule has 6 nitrogen and oxygen atoms in total. The van der Waals surface area contributed by atoms with E-state index >= 15 is 0 Å². The maximum Gasteiger partial charge on any atom is 0.230 e. The minimum Gasteiger partial charge on any atom is -0.399 e. The third-order valence-electron chi connectivity index (χ3n) is 3.66. The van der Waals surface area contributed by atoms with E-state index in [-0.39, 0.29) is 5.91 Å². The average Bonchev–Trinajstić information content (AvgIpc) is 2.90. The lowest BCUT2D eigenvalue weighted by molar-refractivity contribution is -0.115. The van der Waals surface area contributed by atoms with E-state index in [9.17, 15) is 4.79 Å². The first-order valence-corrected chi connectivity index (χ1v) is 7.32. The molecule has 0 aliphatic rings. The first kappa shape index (κ1) is 14.9. The van der Waals surface area contributed by atoms with E-state index < -0.39 is 0 Å². The molecule has 0 saturated heterocycles. The minimum atomic E-state index is -0.113. The van der Waals surface area contributed by atoms with Gasteiger partial charge in [-0.2, -0.15) is 5.10 Å². The van der Waals surface area contributed by atoms with Gasteiger partial charge in [-0.15, -0.1) is 0 Å². The molecule has 0 radical (unpaired) electrons. The first-order valence-electron chi connectivity index (χ1n) is 7.32. The van der Waals surface area contributed by atoms with Crippen molar-refractivity contribution >= 4 is 34.0 Å². The molecule has 1 amide bonds. The Morgan fingerprint density at radius 1 is 1.22 bits per heavy atom. The molecule has 0 aliphatic heterocycles. The predicted molar refractivity (Wildman–Crippen MR) is 93.6 cm³/mol. The maximum atomic E-state index is 12.2. The van der Waals surface area contributed by atoms with E-state index in [1.807, 2.05) is 49.3 Å². The van der Waals surface area contributed by atoms with Gasteiger partial charge in [0.05, 0.1) is 11.9 Å². The quantitative estimate of drug-likeness (QED) is 0.646. The Hall–Kier alpha value is -3.02. The SMILES string of the molecule is CN(C)c1ccc(CC(=O)Nc2n[nH]c3ccc(N)cc23)cc1. The highest BCUT2D eigenvalue weighted by Crippen LogP contribution is 2.23. The van der Waals surface area contributed by atoms with Gasteiger partial charge >= 0.3 is 0 Å². The molecule has 0 bridgehead atoms. The Morgan fingerprint density at radius 3 is 2.65 bits per heavy atom. The highest BCUT2D eigenvalue weighted by atomic mass is 16.1. The molecule has 2 aromatic carbocycles. The van der Waals surface area contributed by atoms with E-state index in [0.29, 0.717) is 17.9 Å². The smallest absolute Gasteiger partial charge is 0.230 e. The molecule has 118 valence electrons. The Morgan fingerprint density at radius 2 is 1.96 bits per heavy atom. The Kier molecular flexibility index (Phi) is 3.89. The summed E-state index contributed by atoms with van der Waals surface area (Å²) < 4.78 is 0. The van der Waals surface area contributed by atoms with Gasteiger partial charge in [-0.1, -0.05) is 12.1 Å². The van der Waals surface area contributed by atoms with Crippen LogP contribution < -0.4 is 16.0 Å². The zero-order chi connectivity index (χ0) is 16.4. The summed E-state index contributed by atoms with van der Waals surface area (Å²) in [5, 5.41) is 10.7. The van der Waals surface area contributed by atoms with Crippen LogP contribution in [0.25, 0.3) is 10.9 Å². The van der Waals surface area contributed by atoms with E-state index in [4.69, 9.17) is 5.73 Å². The van der Waals surface area contributed by atoms with Gasteiger partial charge in [-0.05, 0) is 35.9 Å². The van der Waals surface area contributed by atoms with Crippen LogP contribution in [-0.2, 0) is 11.2 Å². The fraction of sp³-hybridized carbons (Fsp3) is 0.176. The molecule has 4 N–H and O–H groups in total. The number of aromatic amines is 1. The van der Waals surface area contributed by atoms with Crippen molar-refractivity contribution < 1.29 is 4.79 Å². The normalized spacial score (nSPS) is 10.7. The zero-order valence-corrected chi connectivity index (χ0v) is 13.1. The standard InChI is InChI=1S/C17H19N5O/c1-22(2)13-6-3-11(4-7-13)9-16(23)19-17-14-10-12(18)5-8-15(14)20-21-17/h3-8,10H,9,18H2,1-2H3,(H2,19,20,21,23). The second-order valence-electron chi connectivity index (χ2n) is 5.66. The topological polar surface area (TPSA) is 87.0 Å². The number of nitrogen functional groups attached to an aromatic ring is 1. The maximum absolute atomic E-state index is 12.2. The van der Waals surface area contributed by atoms with Crippen molar-refractivity contribution in [3.8, 4) is 0 Å². The number of carbonyl (C=O) groups excluding carboxylic acids is 1. The monoisotopic (exact) mass is 309 g/mol. The van der Waals surface area contributed by atoms with E-state index in [1.165, 1.54) is 0 Å². The van der Waals surface area contributed by atoms with Crippen molar-refractivity contribution in [1.29, 1.82) is 0 Å². The molecule has 0 atom stereocenters. The summed E-state index contributed by atoms with van der Waals surface area (Å²) in [7, 11) is 3.96. The molecule has 0 saturated carbocycles. The van der Waals surface area contributed by atoms with Gasteiger partial charge in [-0.3, -0.25) is 9.89 Å². The summed E-state index contributed by atoms with van der Waals surface area (Å²) >= 11 is 0. The lowest BCUT2D eigenvalue weighted by Crippen LogP contribution is -2.15. The highest BCUT2D eigenvalue weighted by molar-refractivity contribution is 6.01. The molecule has 3 aromatic rings. The first-order chi connectivity index (χ1) is 11.0. The van der Waals surface area contributed by atoms with Gasteiger partial charge in [0.2, 0.25) is 5.91 Å². The molecule has 3 rings (SSSR count). The molecular weight excluding hydrogens is 290 g/mol. The molecule has 1 heterocycles. The number of nitrogens with one attached hydrogen (secondary N) is 2. The second kappa shape index (κ2) is 6.00. The van der Waals surface area contributed by atoms with E-state index in [1.54, 1.807) is 12.1 Å². The Bertz CT molecular complexity index is 836. The second-order valence-corrected chi connectivity index (χ2v) is 5.66. The Balaban J connectivity index is 1.72. The lowest BCUT2D eigenvalue weighted by Gasteiger charge is -2.12. The molecule has 1 aromatic heterocycles. The lowest BCUT2D eigenvalue weighted by atomic mass is 10.1. The van der Waals surface area contributed by atoms with E-state index in [2.05, 4.69) is 15.5 Å². The number of aromatic nitrogens is 2. The largest absolute Gasteiger partial charge is 0.399 e. The van der Waals surface area contributed by atoms with Gasteiger partial charge < -0.3 is 16.0 Å². The predicted octanol–water partition coefficient (Wildman–Crippen LogP) is 2.39. The van der Waals surface area contributed by atoms with Gasteiger partial charge in [0, 0.05) is 30.9 Å². The highest BCUT2D eigenvalue weighted by Gasteiger charge is 2.10. The van der Waals surface area contributed by atoms with Crippen molar-refractivity contribution in [1.82, 2.24) is 10.2 Å². The number of anilines is 3. The number of hydrogen-bond donors (Lipinski definition) is 3. The molecule has 0 fully saturated rings. The van der Waals surface area contributed by atoms with Crippen LogP contribution in [0, 0.1) is 0 Å². The van der Waals surface area contributed by atoms with Crippen molar-refractivity contribution in [2.75, 3.05) is 30.0 Å². The van der Waals surface area contributed by atoms with Crippen LogP contribution in [0.4, 0.5) is 17.2 Å². The molecular formula is C17H19N5O. The number of carbonyl (C=O) groups is 1. The number of hydrogen-bond acceptors (Lipinski definition) is 4. The summed E-state index contributed by atoms with van der Waals surface area (Å²) in [6, 6.07) is 13.3. The van der Waals surface area contributed by atoms with Crippen LogP contribution in [0.2, 0.25) is 0 Å². The summed E-state index contributed by atoms with van der Waals surface area (Å²) in [6.45, 7) is 0. The van der Waals surface area contributed by atoms with Crippen molar-refractivity contribution in [3.05, 3.63) is 48.0 Å². The van der Waals surface area contributed by atoms with Crippen molar-refractivity contribution in [3.63, 3.8) is 0 Å². The number of rotatable bonds is 4. The molecule has 0 aliphatic carbocycles. The van der Waals surface area contributed by atoms with Crippen LogP contribution in [0.5, 0.6) is 0 Å². The van der Waals surface area contributed by atoms with Crippen LogP contribution in [0.1, 0.15) is 5.56 Å². The fourth-order valence-electron chi connectivity index (χ4n) is 2.40. The minimum absolute atomic E-state index is 0.113. The van der Waals surface area contributed by atoms with Crippen molar-refractivity contribution in [2.45, 2.75) is 6.42 Å². The van der Waals surface area contributed by atoms with Crippen LogP contribution >= 0.6 is 0 Å². The zero-order valence-electron chi connectivity index (χ0n) is 13.1. The number of amides is 1. The number of H-pyrrole nitrogens is 1. The summed E-state index contributed by atoms with van der Waals surface area (Å²) in [6.07, 6.45) is 0.296. The molecule has 23 heavy (non-hydrogen) atoms. The van der Waals surface area contributed by atoms with Gasteiger partial charge in [0.1, 0.15) is 0 Å². The third-order valence-corrected chi connectivity index (χ3v) is 3.66. The van der Waals surface area contributed by atoms with Crippen LogP contribution in [0.3, 0.4) is 0 Å². The average molecular weight is 309 g/mol. The summed E-state index contributed by atoms with van der Waals surface area (Å²) in [4.78, 5) is 14.2. The van der Waals surface area contributed by atoms with Gasteiger partial charge in [-0.25, -0.2) is 0 Å². The van der Waals surface area contributed by atoms with Gasteiger partial charge in [0.25, 0.3) is 0 Å². The number of benzene rings is 2. The number of nitrogens with zero attached hydrogens (tertiary/aromatic N) is 2. The molecule has 6 heteroatoms. The summed E-state index contributed by atoms with van der Waals surface area (Å²) in [5.41, 5.74) is 9.31. The third kappa shape index (κ3) is 3.26. The Labute approximate surface area is 134 Å².